The summed E-state index contributed by atoms with van der Waals surface area (Å²) in [4.78, 5) is 33.6. The van der Waals surface area contributed by atoms with Gasteiger partial charge in [0.1, 0.15) is 0 Å². The van der Waals surface area contributed by atoms with Crippen LogP contribution in [-0.2, 0) is 24.9 Å². The molecule has 0 unspecified atom stereocenters. The lowest BCUT2D eigenvalue weighted by Crippen LogP contribution is -2.47. The van der Waals surface area contributed by atoms with Gasteiger partial charge in [-0.2, -0.15) is 0 Å². The monoisotopic (exact) mass is 421 g/mol. The van der Waals surface area contributed by atoms with E-state index in [0.717, 1.165) is 42.0 Å². The van der Waals surface area contributed by atoms with Crippen molar-refractivity contribution in [1.29, 1.82) is 0 Å². The van der Waals surface area contributed by atoms with E-state index in [-0.39, 0.29) is 17.0 Å². The predicted molar refractivity (Wildman–Crippen MR) is 123 cm³/mol. The van der Waals surface area contributed by atoms with Crippen LogP contribution in [0, 0.1) is 5.41 Å². The number of rotatable bonds is 4. The Morgan fingerprint density at radius 3 is 2.52 bits per heavy atom. The maximum absolute atomic E-state index is 12.8. The molecule has 1 amide bonds. The average Bonchev–Trinajstić information content (AvgIpc) is 2.94. The number of fused-ring (bicyclic) bond motifs is 1. The van der Waals surface area contributed by atoms with Crippen molar-refractivity contribution in [2.24, 2.45) is 12.5 Å². The summed E-state index contributed by atoms with van der Waals surface area (Å²) >= 11 is 0. The Morgan fingerprint density at radius 2 is 1.81 bits per heavy atom. The van der Waals surface area contributed by atoms with Crippen molar-refractivity contribution in [2.45, 2.75) is 33.9 Å². The van der Waals surface area contributed by atoms with Crippen LogP contribution in [0.1, 0.15) is 26.3 Å². The van der Waals surface area contributed by atoms with Crippen LogP contribution in [-0.4, -0.2) is 56.5 Å². The third-order valence-electron chi connectivity index (χ3n) is 5.78. The minimum atomic E-state index is -0.0388. The van der Waals surface area contributed by atoms with Gasteiger partial charge in [-0.05, 0) is 29.2 Å². The zero-order chi connectivity index (χ0) is 22.3. The number of carbonyl (C=O) groups is 1. The molecule has 3 heterocycles. The second kappa shape index (κ2) is 7.96. The van der Waals surface area contributed by atoms with Crippen LogP contribution in [0.25, 0.3) is 22.4 Å². The summed E-state index contributed by atoms with van der Waals surface area (Å²) < 4.78 is 3.44. The first-order valence-corrected chi connectivity index (χ1v) is 10.7. The fourth-order valence-electron chi connectivity index (χ4n) is 4.09. The van der Waals surface area contributed by atoms with E-state index in [0.29, 0.717) is 18.7 Å². The molecule has 0 saturated carbocycles. The van der Waals surface area contributed by atoms with Gasteiger partial charge in [-0.1, -0.05) is 39.0 Å². The Bertz CT molecular complexity index is 1180. The number of hydrogen-bond donors (Lipinski definition) is 0. The van der Waals surface area contributed by atoms with Gasteiger partial charge in [0.2, 0.25) is 5.91 Å². The third kappa shape index (κ3) is 4.42. The number of benzene rings is 1. The molecule has 164 valence electrons. The van der Waals surface area contributed by atoms with E-state index in [4.69, 9.17) is 4.98 Å². The summed E-state index contributed by atoms with van der Waals surface area (Å²) in [7, 11) is 3.63. The summed E-state index contributed by atoms with van der Waals surface area (Å²) in [6, 6.07) is 12.3. The molecule has 7 heteroatoms. The van der Waals surface area contributed by atoms with Crippen molar-refractivity contribution in [2.75, 3.05) is 26.7 Å². The normalized spacial score (nSPS) is 15.8. The molecule has 1 aromatic carbocycles. The molecule has 0 aliphatic carbocycles. The molecule has 1 fully saturated rings. The van der Waals surface area contributed by atoms with Crippen LogP contribution in [0.4, 0.5) is 0 Å². The number of amides is 1. The number of hydrogen-bond acceptors (Lipinski definition) is 4. The standard InChI is InChI=1S/C24H31N5O2/c1-24(2,3)16-29-20-10-9-19(25-22(20)27(5)23(29)31)18-8-6-7-17(13-18)14-28-12-11-26(4)21(30)15-28/h6-10,13H,11-12,14-16H2,1-5H3. The molecule has 0 spiro atoms. The molecule has 31 heavy (non-hydrogen) atoms. The fourth-order valence-corrected chi connectivity index (χ4v) is 4.09. The van der Waals surface area contributed by atoms with Crippen LogP contribution in [0.5, 0.6) is 0 Å². The highest BCUT2D eigenvalue weighted by Gasteiger charge is 2.21. The molecule has 1 aliphatic heterocycles. The second-order valence-electron chi connectivity index (χ2n) is 9.75. The molecule has 0 atom stereocenters. The van der Waals surface area contributed by atoms with Crippen molar-refractivity contribution < 1.29 is 4.79 Å². The largest absolute Gasteiger partial charge is 0.343 e. The van der Waals surface area contributed by atoms with E-state index in [2.05, 4.69) is 37.8 Å². The minimum Gasteiger partial charge on any atom is -0.343 e. The molecule has 0 radical (unpaired) electrons. The number of imidazole rings is 1. The Balaban J connectivity index is 1.63. The Morgan fingerprint density at radius 1 is 1.03 bits per heavy atom. The summed E-state index contributed by atoms with van der Waals surface area (Å²) in [6.45, 7) is 9.84. The van der Waals surface area contributed by atoms with Gasteiger partial charge in [-0.15, -0.1) is 0 Å². The topological polar surface area (TPSA) is 63.4 Å². The Kier molecular flexibility index (Phi) is 5.47. The van der Waals surface area contributed by atoms with Crippen molar-refractivity contribution in [3.05, 3.63) is 52.4 Å². The van der Waals surface area contributed by atoms with E-state index >= 15 is 0 Å². The van der Waals surface area contributed by atoms with Gasteiger partial charge in [-0.3, -0.25) is 18.8 Å². The smallest absolute Gasteiger partial charge is 0.330 e. The molecule has 3 aromatic rings. The zero-order valence-corrected chi connectivity index (χ0v) is 19.1. The molecule has 2 aromatic heterocycles. The highest BCUT2D eigenvalue weighted by Crippen LogP contribution is 2.24. The number of aromatic nitrogens is 3. The van der Waals surface area contributed by atoms with Gasteiger partial charge in [0.05, 0.1) is 17.8 Å². The van der Waals surface area contributed by atoms with Crippen molar-refractivity contribution >= 4 is 17.1 Å². The fraction of sp³-hybridized carbons (Fsp3) is 0.458. The molecule has 4 rings (SSSR count). The van der Waals surface area contributed by atoms with Crippen molar-refractivity contribution in [3.8, 4) is 11.3 Å². The lowest BCUT2D eigenvalue weighted by molar-refractivity contribution is -0.134. The summed E-state index contributed by atoms with van der Waals surface area (Å²) in [5.41, 5.74) is 4.51. The van der Waals surface area contributed by atoms with E-state index < -0.39 is 0 Å². The van der Waals surface area contributed by atoms with Crippen molar-refractivity contribution in [3.63, 3.8) is 0 Å². The number of likely N-dealkylation sites (N-methyl/N-ethyl adjacent to an activating group) is 1. The highest BCUT2D eigenvalue weighted by molar-refractivity contribution is 5.79. The lowest BCUT2D eigenvalue weighted by Gasteiger charge is -2.31. The molecular formula is C24H31N5O2. The van der Waals surface area contributed by atoms with E-state index in [9.17, 15) is 9.59 Å². The number of nitrogens with zero attached hydrogens (tertiary/aromatic N) is 5. The molecule has 1 saturated heterocycles. The van der Waals surface area contributed by atoms with Crippen LogP contribution in [0.2, 0.25) is 0 Å². The quantitative estimate of drug-likeness (QED) is 0.650. The predicted octanol–water partition coefficient (Wildman–Crippen LogP) is 2.72. The second-order valence-corrected chi connectivity index (χ2v) is 9.75. The minimum absolute atomic E-state index is 0.00421. The maximum Gasteiger partial charge on any atom is 0.330 e. The van der Waals surface area contributed by atoms with E-state index in [1.165, 1.54) is 0 Å². The first-order chi connectivity index (χ1) is 14.6. The lowest BCUT2D eigenvalue weighted by atomic mass is 9.97. The Labute approximate surface area is 182 Å². The zero-order valence-electron chi connectivity index (χ0n) is 19.1. The van der Waals surface area contributed by atoms with Gasteiger partial charge < -0.3 is 4.90 Å². The van der Waals surface area contributed by atoms with Gasteiger partial charge in [0, 0.05) is 45.8 Å². The first kappa shape index (κ1) is 21.3. The number of carbonyl (C=O) groups excluding carboxylic acids is 1. The summed E-state index contributed by atoms with van der Waals surface area (Å²) in [5, 5.41) is 0. The molecule has 1 aliphatic rings. The molecule has 0 bridgehead atoms. The van der Waals surface area contributed by atoms with Crippen LogP contribution in [0.15, 0.2) is 41.2 Å². The highest BCUT2D eigenvalue weighted by atomic mass is 16.2. The van der Waals surface area contributed by atoms with Crippen molar-refractivity contribution in [1.82, 2.24) is 23.9 Å². The van der Waals surface area contributed by atoms with Gasteiger partial charge in [0.25, 0.3) is 0 Å². The third-order valence-corrected chi connectivity index (χ3v) is 5.78. The molecule has 0 N–H and O–H groups in total. The van der Waals surface area contributed by atoms with Crippen LogP contribution < -0.4 is 5.69 Å². The number of pyridine rings is 1. The first-order valence-electron chi connectivity index (χ1n) is 10.7. The van der Waals surface area contributed by atoms with Gasteiger partial charge in [-0.25, -0.2) is 9.78 Å². The van der Waals surface area contributed by atoms with Crippen LogP contribution in [0.3, 0.4) is 0 Å². The van der Waals surface area contributed by atoms with E-state index in [1.54, 1.807) is 16.5 Å². The summed E-state index contributed by atoms with van der Waals surface area (Å²) in [5.74, 6) is 0.162. The van der Waals surface area contributed by atoms with Gasteiger partial charge >= 0.3 is 5.69 Å². The average molecular weight is 422 g/mol. The number of piperazine rings is 1. The Hall–Kier alpha value is -2.93. The molecular weight excluding hydrogens is 390 g/mol. The maximum atomic E-state index is 12.8. The van der Waals surface area contributed by atoms with Gasteiger partial charge in [0.15, 0.2) is 5.65 Å². The summed E-state index contributed by atoms with van der Waals surface area (Å²) in [6.07, 6.45) is 0. The number of aryl methyl sites for hydroxylation is 1. The SMILES string of the molecule is CN1CCN(Cc2cccc(-c3ccc4c(n3)n(C)c(=O)n4CC(C)(C)C)c2)CC1=O. The van der Waals surface area contributed by atoms with E-state index in [1.807, 2.05) is 35.9 Å². The van der Waals surface area contributed by atoms with Crippen LogP contribution >= 0.6 is 0 Å². The molecule has 7 nitrogen and oxygen atoms in total.